The molecule has 0 aliphatic carbocycles. The van der Waals surface area contributed by atoms with E-state index in [0.717, 1.165) is 0 Å². The standard InChI is InChI=1S/C29H57NO16/c1-29(2,3)46-28(33)30-45-25-24-43-21-20-41-17-16-39-13-12-37-9-8-35-5-4-34-6-7-36-10-11-38-14-15-40-18-19-42-22-23-44-26-27(31)32/h4-26H2,1-3H3,(H,30,33)(H,31,32). The van der Waals surface area contributed by atoms with Gasteiger partial charge in [-0.2, -0.15) is 5.48 Å². The maximum Gasteiger partial charge on any atom is 0.431 e. The third-order valence-electron chi connectivity index (χ3n) is 4.83. The lowest BCUT2D eigenvalue weighted by atomic mass is 10.2. The highest BCUT2D eigenvalue weighted by atomic mass is 16.7. The lowest BCUT2D eigenvalue weighted by Crippen LogP contribution is -2.33. The Balaban J connectivity index is 3.10. The number of aliphatic carboxylic acids is 1. The van der Waals surface area contributed by atoms with E-state index in [2.05, 4.69) is 5.48 Å². The van der Waals surface area contributed by atoms with Gasteiger partial charge in [0.1, 0.15) is 12.2 Å². The predicted molar refractivity (Wildman–Crippen MR) is 162 cm³/mol. The maximum absolute atomic E-state index is 11.4. The fraction of sp³-hybridized carbons (Fsp3) is 0.931. The van der Waals surface area contributed by atoms with Crippen molar-refractivity contribution in [3.8, 4) is 0 Å². The summed E-state index contributed by atoms with van der Waals surface area (Å²) in [5, 5.41) is 8.42. The number of carboxylic acid groups (broad SMARTS) is 1. The average Bonchev–Trinajstić information content (AvgIpc) is 2.99. The summed E-state index contributed by atoms with van der Waals surface area (Å²) in [5.74, 6) is -1.00. The molecule has 17 heteroatoms. The van der Waals surface area contributed by atoms with Crippen LogP contribution < -0.4 is 5.48 Å². The molecule has 274 valence electrons. The number of nitrogens with one attached hydrogen (secondary N) is 1. The van der Waals surface area contributed by atoms with Crippen LogP contribution in [0.5, 0.6) is 0 Å². The number of hydrogen-bond acceptors (Lipinski definition) is 15. The van der Waals surface area contributed by atoms with Crippen LogP contribution in [0.25, 0.3) is 0 Å². The van der Waals surface area contributed by atoms with E-state index in [4.69, 9.17) is 66.8 Å². The van der Waals surface area contributed by atoms with Crippen LogP contribution in [0.1, 0.15) is 20.8 Å². The second kappa shape index (κ2) is 34.6. The van der Waals surface area contributed by atoms with Crippen LogP contribution in [0.15, 0.2) is 0 Å². The number of hydrogen-bond donors (Lipinski definition) is 2. The van der Waals surface area contributed by atoms with Crippen LogP contribution in [0.3, 0.4) is 0 Å². The lowest BCUT2D eigenvalue weighted by molar-refractivity contribution is -0.142. The quantitative estimate of drug-likeness (QED) is 0.0698. The third kappa shape index (κ3) is 40.3. The minimum Gasteiger partial charge on any atom is -0.480 e. The molecule has 0 radical (unpaired) electrons. The molecule has 0 aromatic carbocycles. The van der Waals surface area contributed by atoms with Crippen molar-refractivity contribution in [3.05, 3.63) is 0 Å². The number of hydroxylamine groups is 1. The summed E-state index contributed by atoms with van der Waals surface area (Å²) in [6.07, 6.45) is -0.642. The van der Waals surface area contributed by atoms with E-state index in [0.29, 0.717) is 132 Å². The van der Waals surface area contributed by atoms with Crippen LogP contribution in [-0.4, -0.2) is 175 Å². The van der Waals surface area contributed by atoms with Gasteiger partial charge in [0.05, 0.1) is 145 Å². The van der Waals surface area contributed by atoms with Gasteiger partial charge in [-0.1, -0.05) is 0 Å². The number of rotatable bonds is 36. The summed E-state index contributed by atoms with van der Waals surface area (Å²) in [4.78, 5) is 26.6. The normalized spacial score (nSPS) is 11.6. The zero-order valence-corrected chi connectivity index (χ0v) is 27.8. The molecule has 0 spiro atoms. The number of carboxylic acids is 1. The van der Waals surface area contributed by atoms with Crippen molar-refractivity contribution in [2.45, 2.75) is 26.4 Å². The van der Waals surface area contributed by atoms with Gasteiger partial charge >= 0.3 is 12.1 Å². The molecular weight excluding hydrogens is 618 g/mol. The van der Waals surface area contributed by atoms with Gasteiger partial charge in [0.2, 0.25) is 0 Å². The summed E-state index contributed by atoms with van der Waals surface area (Å²) in [6, 6.07) is 0. The number of carbonyl (C=O) groups excluding carboxylic acids is 1. The van der Waals surface area contributed by atoms with Crippen molar-refractivity contribution >= 4 is 12.1 Å². The highest BCUT2D eigenvalue weighted by molar-refractivity contribution is 5.68. The van der Waals surface area contributed by atoms with Crippen molar-refractivity contribution in [1.82, 2.24) is 5.48 Å². The first-order valence-corrected chi connectivity index (χ1v) is 15.5. The SMILES string of the molecule is CC(C)(C)OC(=O)NOCCOCCOCCOCCOCCOCCOCCOCCOCCOCCOCCOCC(=O)O. The van der Waals surface area contributed by atoms with Gasteiger partial charge < -0.3 is 61.9 Å². The molecule has 0 heterocycles. The molecule has 0 atom stereocenters. The Morgan fingerprint density at radius 2 is 0.674 bits per heavy atom. The zero-order chi connectivity index (χ0) is 33.8. The molecule has 0 aliphatic heterocycles. The summed E-state index contributed by atoms with van der Waals surface area (Å²) in [7, 11) is 0. The molecule has 0 bridgehead atoms. The van der Waals surface area contributed by atoms with Crippen LogP contribution in [-0.2, 0) is 66.5 Å². The van der Waals surface area contributed by atoms with Crippen LogP contribution in [0, 0.1) is 0 Å². The smallest absolute Gasteiger partial charge is 0.431 e. The first kappa shape index (κ1) is 44.3. The fourth-order valence-electron chi connectivity index (χ4n) is 2.87. The molecule has 0 aliphatic rings. The molecule has 0 fully saturated rings. The van der Waals surface area contributed by atoms with Crippen molar-refractivity contribution in [2.75, 3.05) is 152 Å². The Morgan fingerprint density at radius 3 is 0.913 bits per heavy atom. The third-order valence-corrected chi connectivity index (χ3v) is 4.83. The summed E-state index contributed by atoms with van der Waals surface area (Å²) >= 11 is 0. The van der Waals surface area contributed by atoms with E-state index in [1.54, 1.807) is 20.8 Å². The summed E-state index contributed by atoms with van der Waals surface area (Å²) in [5.41, 5.74) is 1.61. The van der Waals surface area contributed by atoms with E-state index >= 15 is 0 Å². The van der Waals surface area contributed by atoms with E-state index in [9.17, 15) is 9.59 Å². The Morgan fingerprint density at radius 1 is 0.435 bits per heavy atom. The molecule has 46 heavy (non-hydrogen) atoms. The highest BCUT2D eigenvalue weighted by Crippen LogP contribution is 2.06. The van der Waals surface area contributed by atoms with Crippen molar-refractivity contribution in [1.29, 1.82) is 0 Å². The van der Waals surface area contributed by atoms with Crippen molar-refractivity contribution in [2.24, 2.45) is 0 Å². The molecule has 2 N–H and O–H groups in total. The predicted octanol–water partition coefficient (Wildman–Crippen LogP) is 0.710. The molecule has 17 nitrogen and oxygen atoms in total. The molecular formula is C29H57NO16. The molecule has 0 aromatic rings. The molecule has 1 amide bonds. The topological polar surface area (TPSA) is 186 Å². The molecule has 0 aromatic heterocycles. The monoisotopic (exact) mass is 675 g/mol. The Hall–Kier alpha value is -1.74. The van der Waals surface area contributed by atoms with Gasteiger partial charge in [0.25, 0.3) is 0 Å². The Kier molecular flexibility index (Phi) is 33.3. The van der Waals surface area contributed by atoms with Gasteiger partial charge in [0.15, 0.2) is 0 Å². The van der Waals surface area contributed by atoms with Crippen LogP contribution in [0.4, 0.5) is 4.79 Å². The summed E-state index contributed by atoms with van der Waals surface area (Å²) in [6.45, 7) is 14.3. The fourth-order valence-corrected chi connectivity index (χ4v) is 2.87. The summed E-state index contributed by atoms with van der Waals surface area (Å²) < 4.78 is 63.8. The Labute approximate surface area is 272 Å². The van der Waals surface area contributed by atoms with Gasteiger partial charge in [-0.05, 0) is 20.8 Å². The second-order valence-corrected chi connectivity index (χ2v) is 10.0. The minimum atomic E-state index is -1.00. The van der Waals surface area contributed by atoms with E-state index in [1.165, 1.54) is 0 Å². The zero-order valence-electron chi connectivity index (χ0n) is 27.8. The molecule has 0 saturated carbocycles. The van der Waals surface area contributed by atoms with E-state index < -0.39 is 17.7 Å². The van der Waals surface area contributed by atoms with E-state index in [1.807, 2.05) is 0 Å². The van der Waals surface area contributed by atoms with Crippen molar-refractivity contribution < 1.29 is 76.4 Å². The molecule has 0 rings (SSSR count). The molecule has 0 saturated heterocycles. The number of amides is 1. The van der Waals surface area contributed by atoms with Gasteiger partial charge in [-0.3, -0.25) is 4.84 Å². The largest absolute Gasteiger partial charge is 0.480 e. The highest BCUT2D eigenvalue weighted by Gasteiger charge is 2.15. The van der Waals surface area contributed by atoms with Gasteiger partial charge in [-0.25, -0.2) is 9.59 Å². The van der Waals surface area contributed by atoms with Gasteiger partial charge in [0, 0.05) is 0 Å². The van der Waals surface area contributed by atoms with Crippen LogP contribution in [0.2, 0.25) is 0 Å². The number of carbonyl (C=O) groups is 2. The lowest BCUT2D eigenvalue weighted by Gasteiger charge is -2.19. The molecule has 0 unspecified atom stereocenters. The average molecular weight is 676 g/mol. The van der Waals surface area contributed by atoms with Crippen LogP contribution >= 0.6 is 0 Å². The Bertz CT molecular complexity index is 668. The maximum atomic E-state index is 11.4. The van der Waals surface area contributed by atoms with E-state index in [-0.39, 0.29) is 19.8 Å². The number of ether oxygens (including phenoxy) is 12. The first-order chi connectivity index (χ1) is 22.3. The minimum absolute atomic E-state index is 0.201. The van der Waals surface area contributed by atoms with Crippen molar-refractivity contribution in [3.63, 3.8) is 0 Å². The second-order valence-electron chi connectivity index (χ2n) is 10.0. The van der Waals surface area contributed by atoms with Gasteiger partial charge in [-0.15, -0.1) is 0 Å². The first-order valence-electron chi connectivity index (χ1n) is 15.5.